The zero-order chi connectivity index (χ0) is 18.1. The highest BCUT2D eigenvalue weighted by Crippen LogP contribution is 2.41. The van der Waals surface area contributed by atoms with Gasteiger partial charge in [-0.3, -0.25) is 14.6 Å². The van der Waals surface area contributed by atoms with Crippen LogP contribution in [-0.4, -0.2) is 84.8 Å². The van der Waals surface area contributed by atoms with Crippen molar-refractivity contribution >= 4 is 5.91 Å². The van der Waals surface area contributed by atoms with E-state index in [1.165, 1.54) is 5.56 Å². The molecule has 3 fully saturated rings. The predicted molar refractivity (Wildman–Crippen MR) is 96.8 cm³/mol. The van der Waals surface area contributed by atoms with Gasteiger partial charge in [0, 0.05) is 51.4 Å². The van der Waals surface area contributed by atoms with Gasteiger partial charge in [-0.2, -0.15) is 0 Å². The first-order valence-corrected chi connectivity index (χ1v) is 9.81. The first-order valence-electron chi connectivity index (χ1n) is 9.81. The Balaban J connectivity index is 1.32. The van der Waals surface area contributed by atoms with Crippen molar-refractivity contribution in [1.29, 1.82) is 0 Å². The molecule has 1 unspecified atom stereocenters. The van der Waals surface area contributed by atoms with Gasteiger partial charge in [0.15, 0.2) is 0 Å². The van der Waals surface area contributed by atoms with E-state index in [1.54, 1.807) is 0 Å². The maximum Gasteiger partial charge on any atom is 0.230 e. The molecule has 4 rings (SSSR count). The quantitative estimate of drug-likeness (QED) is 0.780. The third-order valence-electron chi connectivity index (χ3n) is 6.39. The van der Waals surface area contributed by atoms with E-state index in [-0.39, 0.29) is 5.41 Å². The highest BCUT2D eigenvalue weighted by molar-refractivity contribution is 5.85. The van der Waals surface area contributed by atoms with E-state index in [1.807, 2.05) is 13.8 Å². The third kappa shape index (κ3) is 3.40. The van der Waals surface area contributed by atoms with Crippen molar-refractivity contribution in [2.24, 2.45) is 5.41 Å². The minimum atomic E-state index is -0.163. The van der Waals surface area contributed by atoms with Gasteiger partial charge in [-0.05, 0) is 33.2 Å². The van der Waals surface area contributed by atoms with Crippen LogP contribution >= 0.6 is 0 Å². The Kier molecular flexibility index (Phi) is 5.03. The van der Waals surface area contributed by atoms with E-state index in [2.05, 4.69) is 19.9 Å². The van der Waals surface area contributed by atoms with E-state index in [0.29, 0.717) is 5.91 Å². The molecule has 4 heterocycles. The summed E-state index contributed by atoms with van der Waals surface area (Å²) in [7, 11) is 0. The fraction of sp³-hybridized carbons (Fsp3) is 0.789. The molecule has 0 aliphatic carbocycles. The molecule has 1 aromatic heterocycles. The van der Waals surface area contributed by atoms with Crippen LogP contribution in [0.2, 0.25) is 0 Å². The lowest BCUT2D eigenvalue weighted by Gasteiger charge is -2.29. The average Bonchev–Trinajstić information content (AvgIpc) is 3.30. The van der Waals surface area contributed by atoms with E-state index < -0.39 is 0 Å². The molecule has 0 N–H and O–H groups in total. The summed E-state index contributed by atoms with van der Waals surface area (Å²) in [6.07, 6.45) is 1.97. The Morgan fingerprint density at radius 2 is 1.81 bits per heavy atom. The number of rotatable bonds is 5. The van der Waals surface area contributed by atoms with Crippen molar-refractivity contribution in [2.75, 3.05) is 59.0 Å². The second-order valence-electron chi connectivity index (χ2n) is 8.04. The molecule has 0 bridgehead atoms. The maximum absolute atomic E-state index is 13.1. The third-order valence-corrected chi connectivity index (χ3v) is 6.39. The number of carbonyl (C=O) groups excluding carboxylic acids is 1. The number of aryl methyl sites for hydroxylation is 2. The van der Waals surface area contributed by atoms with Crippen molar-refractivity contribution in [3.8, 4) is 0 Å². The van der Waals surface area contributed by atoms with Gasteiger partial charge in [0.25, 0.3) is 0 Å². The summed E-state index contributed by atoms with van der Waals surface area (Å²) < 4.78 is 10.7. The molecule has 1 spiro atoms. The Hall–Kier alpha value is -1.44. The Morgan fingerprint density at radius 3 is 2.54 bits per heavy atom. The maximum atomic E-state index is 13.1. The highest BCUT2D eigenvalue weighted by atomic mass is 16.5. The predicted octanol–water partition coefficient (Wildman–Crippen LogP) is 1.05. The van der Waals surface area contributed by atoms with Crippen LogP contribution in [-0.2, 0) is 16.1 Å². The average molecular weight is 362 g/mol. The Bertz CT molecular complexity index is 636. The number of aromatic nitrogens is 1. The molecule has 1 atom stereocenters. The van der Waals surface area contributed by atoms with Gasteiger partial charge in [0.05, 0.1) is 24.3 Å². The molecule has 7 heteroatoms. The molecule has 3 saturated heterocycles. The monoisotopic (exact) mass is 362 g/mol. The Morgan fingerprint density at radius 1 is 1.04 bits per heavy atom. The highest BCUT2D eigenvalue weighted by Gasteiger charge is 2.50. The lowest BCUT2D eigenvalue weighted by Crippen LogP contribution is -2.43. The molecule has 0 radical (unpaired) electrons. The van der Waals surface area contributed by atoms with Gasteiger partial charge >= 0.3 is 0 Å². The van der Waals surface area contributed by atoms with Crippen LogP contribution in [0, 0.1) is 19.3 Å². The van der Waals surface area contributed by atoms with E-state index in [4.69, 9.17) is 9.26 Å². The van der Waals surface area contributed by atoms with E-state index in [0.717, 1.165) is 89.9 Å². The number of hydrogen-bond acceptors (Lipinski definition) is 6. The van der Waals surface area contributed by atoms with Crippen molar-refractivity contribution in [3.05, 3.63) is 17.0 Å². The molecule has 1 amide bonds. The summed E-state index contributed by atoms with van der Waals surface area (Å²) in [5.74, 6) is 1.26. The molecular formula is C19H30N4O3. The summed E-state index contributed by atoms with van der Waals surface area (Å²) in [6.45, 7) is 13.0. The number of ether oxygens (including phenoxy) is 1. The lowest BCUT2D eigenvalue weighted by molar-refractivity contribution is -0.135. The van der Waals surface area contributed by atoms with Gasteiger partial charge in [0.2, 0.25) is 5.91 Å². The Labute approximate surface area is 155 Å². The fourth-order valence-electron chi connectivity index (χ4n) is 4.62. The standard InChI is InChI=1S/C19H30N4O3/c1-15-17(16(2)26-20-15)13-22-5-3-19(14-22)4-6-23(18(19)24)8-7-21-9-11-25-12-10-21/h3-14H2,1-2H3. The van der Waals surface area contributed by atoms with Crippen LogP contribution in [0.25, 0.3) is 0 Å². The molecule has 7 nitrogen and oxygen atoms in total. The number of nitrogens with zero attached hydrogens (tertiary/aromatic N) is 4. The molecule has 0 saturated carbocycles. The SMILES string of the molecule is Cc1noc(C)c1CN1CCC2(CCN(CCN3CCOCC3)C2=O)C1. The zero-order valence-electron chi connectivity index (χ0n) is 16.0. The summed E-state index contributed by atoms with van der Waals surface area (Å²) in [5, 5.41) is 4.05. The first kappa shape index (κ1) is 17.9. The number of likely N-dealkylation sites (tertiary alicyclic amines) is 2. The van der Waals surface area contributed by atoms with Crippen LogP contribution in [0.1, 0.15) is 29.9 Å². The van der Waals surface area contributed by atoms with Gasteiger partial charge in [0.1, 0.15) is 5.76 Å². The summed E-state index contributed by atoms with van der Waals surface area (Å²) >= 11 is 0. The molecule has 3 aliphatic rings. The van der Waals surface area contributed by atoms with Crippen molar-refractivity contribution in [1.82, 2.24) is 19.9 Å². The smallest absolute Gasteiger partial charge is 0.230 e. The molecule has 26 heavy (non-hydrogen) atoms. The second kappa shape index (κ2) is 7.29. The van der Waals surface area contributed by atoms with Crippen LogP contribution in [0.5, 0.6) is 0 Å². The van der Waals surface area contributed by atoms with Crippen LogP contribution in [0.3, 0.4) is 0 Å². The molecule has 1 aromatic rings. The summed E-state index contributed by atoms with van der Waals surface area (Å²) in [4.78, 5) is 20.0. The molecule has 0 aromatic carbocycles. The molecular weight excluding hydrogens is 332 g/mol. The zero-order valence-corrected chi connectivity index (χ0v) is 16.0. The van der Waals surface area contributed by atoms with E-state index >= 15 is 0 Å². The topological polar surface area (TPSA) is 62.1 Å². The summed E-state index contributed by atoms with van der Waals surface area (Å²) in [6, 6.07) is 0. The van der Waals surface area contributed by atoms with Crippen molar-refractivity contribution in [3.63, 3.8) is 0 Å². The van der Waals surface area contributed by atoms with Crippen LogP contribution in [0.15, 0.2) is 4.52 Å². The van der Waals surface area contributed by atoms with Crippen LogP contribution in [0.4, 0.5) is 0 Å². The van der Waals surface area contributed by atoms with Crippen molar-refractivity contribution < 1.29 is 14.1 Å². The van der Waals surface area contributed by atoms with Gasteiger partial charge in [-0.25, -0.2) is 0 Å². The van der Waals surface area contributed by atoms with Gasteiger partial charge in [-0.1, -0.05) is 5.16 Å². The van der Waals surface area contributed by atoms with Crippen LogP contribution < -0.4 is 0 Å². The molecule has 3 aliphatic heterocycles. The number of morpholine rings is 1. The first-order chi connectivity index (χ1) is 12.6. The fourth-order valence-corrected chi connectivity index (χ4v) is 4.62. The normalized spacial score (nSPS) is 27.9. The number of carbonyl (C=O) groups is 1. The summed E-state index contributed by atoms with van der Waals surface area (Å²) in [5.41, 5.74) is 1.98. The number of amides is 1. The minimum Gasteiger partial charge on any atom is -0.379 e. The van der Waals surface area contributed by atoms with E-state index in [9.17, 15) is 4.79 Å². The molecule has 144 valence electrons. The minimum absolute atomic E-state index is 0.163. The lowest BCUT2D eigenvalue weighted by atomic mass is 9.85. The number of hydrogen-bond donors (Lipinski definition) is 0. The van der Waals surface area contributed by atoms with Crippen molar-refractivity contribution in [2.45, 2.75) is 33.2 Å². The largest absolute Gasteiger partial charge is 0.379 e. The second-order valence-corrected chi connectivity index (χ2v) is 8.04. The van der Waals surface area contributed by atoms with Gasteiger partial charge < -0.3 is 14.2 Å². The van der Waals surface area contributed by atoms with Gasteiger partial charge in [-0.15, -0.1) is 0 Å².